The number of methoxy groups -OCH3 is 1. The lowest BCUT2D eigenvalue weighted by Crippen LogP contribution is -2.46. The summed E-state index contributed by atoms with van der Waals surface area (Å²) in [5.74, 6) is 0.0906. The van der Waals surface area contributed by atoms with E-state index in [-0.39, 0.29) is 23.2 Å². The lowest BCUT2D eigenvalue weighted by atomic mass is 9.99. The Labute approximate surface area is 230 Å². The molecule has 5 N–H and O–H groups in total. The number of rotatable bonds is 8. The zero-order chi connectivity index (χ0) is 28.6. The molecule has 0 saturated heterocycles. The number of hydrogen-bond donors (Lipinski definition) is 4. The number of nitrogens with one attached hydrogen (secondary N) is 3. The number of carbonyl (C=O) groups is 2. The summed E-state index contributed by atoms with van der Waals surface area (Å²) < 4.78 is 20.1. The maximum absolute atomic E-state index is 14.4. The van der Waals surface area contributed by atoms with Gasteiger partial charge in [0.15, 0.2) is 0 Å². The molecule has 0 aliphatic carbocycles. The van der Waals surface area contributed by atoms with Crippen LogP contribution in [0, 0.1) is 5.82 Å². The van der Waals surface area contributed by atoms with Crippen molar-refractivity contribution in [3.8, 4) is 17.1 Å². The summed E-state index contributed by atoms with van der Waals surface area (Å²) in [5, 5.41) is 6.29. The highest BCUT2D eigenvalue weighted by atomic mass is 19.1. The third-order valence-electron chi connectivity index (χ3n) is 7.10. The van der Waals surface area contributed by atoms with Crippen molar-refractivity contribution in [2.45, 2.75) is 25.8 Å². The van der Waals surface area contributed by atoms with Crippen molar-refractivity contribution in [2.24, 2.45) is 5.73 Å². The van der Waals surface area contributed by atoms with Gasteiger partial charge in [-0.2, -0.15) is 4.98 Å². The van der Waals surface area contributed by atoms with E-state index < -0.39 is 11.7 Å². The van der Waals surface area contributed by atoms with Crippen LogP contribution in [-0.2, 0) is 11.2 Å². The van der Waals surface area contributed by atoms with E-state index in [1.807, 2.05) is 43.0 Å². The van der Waals surface area contributed by atoms with E-state index in [0.717, 1.165) is 24.1 Å². The highest BCUT2D eigenvalue weighted by Gasteiger charge is 2.29. The first kappa shape index (κ1) is 26.9. The molecule has 40 heavy (non-hydrogen) atoms. The molecule has 0 saturated carbocycles. The summed E-state index contributed by atoms with van der Waals surface area (Å²) in [6, 6.07) is 9.46. The van der Waals surface area contributed by atoms with Gasteiger partial charge >= 0.3 is 0 Å². The van der Waals surface area contributed by atoms with Crippen molar-refractivity contribution >= 4 is 40.6 Å². The fraction of sp³-hybridized carbons (Fsp3) is 0.286. The Balaban J connectivity index is 1.54. The molecule has 3 heterocycles. The lowest BCUT2D eigenvalue weighted by molar-refractivity contribution is -0.122. The number of primary amides is 1. The van der Waals surface area contributed by atoms with E-state index in [0.29, 0.717) is 41.1 Å². The van der Waals surface area contributed by atoms with Gasteiger partial charge in [-0.3, -0.25) is 14.5 Å². The molecule has 2 aromatic carbocycles. The van der Waals surface area contributed by atoms with Crippen LogP contribution in [0.2, 0.25) is 0 Å². The molecule has 1 unspecified atom stereocenters. The summed E-state index contributed by atoms with van der Waals surface area (Å²) >= 11 is 0. The van der Waals surface area contributed by atoms with Crippen LogP contribution in [-0.4, -0.2) is 65.5 Å². The number of aryl methyl sites for hydroxylation is 1. The average molecular weight is 547 g/mol. The number of anilines is 5. The van der Waals surface area contributed by atoms with Crippen molar-refractivity contribution in [1.29, 1.82) is 0 Å². The van der Waals surface area contributed by atoms with Crippen molar-refractivity contribution in [3.05, 3.63) is 59.5 Å². The number of carbonyl (C=O) groups excluding carboxylic acids is 2. The average Bonchev–Trinajstić information content (AvgIpc) is 3.40. The van der Waals surface area contributed by atoms with Gasteiger partial charge in [-0.25, -0.2) is 9.37 Å². The maximum Gasteiger partial charge on any atom is 0.253 e. The molecular formula is C28H31FN8O3. The Hall–Kier alpha value is -4.71. The van der Waals surface area contributed by atoms with E-state index >= 15 is 0 Å². The molecule has 1 atom stereocenters. The Morgan fingerprint density at radius 3 is 2.73 bits per heavy atom. The van der Waals surface area contributed by atoms with Gasteiger partial charge in [0.05, 0.1) is 35.7 Å². The fourth-order valence-corrected chi connectivity index (χ4v) is 4.78. The zero-order valence-corrected chi connectivity index (χ0v) is 22.7. The SMILES string of the molecule is COc1cc2c(cc1Nc1nc(Nc3cccc(F)c3C(N)=O)c3ccnc-3[nH]1)N(C(=O)C(C)N(C)C)CCC2. The molecule has 3 aliphatic rings. The molecule has 2 aromatic rings. The Morgan fingerprint density at radius 1 is 1.20 bits per heavy atom. The molecule has 0 radical (unpaired) electrons. The van der Waals surface area contributed by atoms with E-state index in [2.05, 4.69) is 25.6 Å². The second-order valence-electron chi connectivity index (χ2n) is 9.83. The first-order valence-electron chi connectivity index (χ1n) is 12.8. The van der Waals surface area contributed by atoms with Gasteiger partial charge in [-0.15, -0.1) is 0 Å². The van der Waals surface area contributed by atoms with E-state index in [9.17, 15) is 14.0 Å². The van der Waals surface area contributed by atoms with Gasteiger partial charge in [0.1, 0.15) is 23.2 Å². The van der Waals surface area contributed by atoms with Crippen LogP contribution in [0.1, 0.15) is 29.3 Å². The first-order chi connectivity index (χ1) is 19.2. The predicted molar refractivity (Wildman–Crippen MR) is 151 cm³/mol. The minimum Gasteiger partial charge on any atom is -0.495 e. The number of fused-ring (bicyclic) bond motifs is 2. The molecule has 0 aromatic heterocycles. The quantitative estimate of drug-likeness (QED) is 0.261. The topological polar surface area (TPSA) is 142 Å². The number of halogens is 1. The number of hydrogen-bond acceptors (Lipinski definition) is 8. The number of nitrogens with zero attached hydrogens (tertiary/aromatic N) is 4. The van der Waals surface area contributed by atoms with Crippen LogP contribution in [0.4, 0.5) is 33.2 Å². The number of likely N-dealkylation sites (N-methyl/N-ethyl adjacent to an activating group) is 1. The van der Waals surface area contributed by atoms with Gasteiger partial charge in [0.2, 0.25) is 11.9 Å². The largest absolute Gasteiger partial charge is 0.495 e. The number of benzene rings is 2. The van der Waals surface area contributed by atoms with Crippen LogP contribution in [0.3, 0.4) is 0 Å². The number of amides is 2. The lowest BCUT2D eigenvalue weighted by Gasteiger charge is -2.34. The van der Waals surface area contributed by atoms with Crippen molar-refractivity contribution < 1.29 is 18.7 Å². The molecule has 11 nitrogen and oxygen atoms in total. The predicted octanol–water partition coefficient (Wildman–Crippen LogP) is 3.87. The maximum atomic E-state index is 14.4. The van der Waals surface area contributed by atoms with Crippen LogP contribution < -0.4 is 26.0 Å². The highest BCUT2D eigenvalue weighted by molar-refractivity contribution is 6.00. The Morgan fingerprint density at radius 2 is 2.00 bits per heavy atom. The molecule has 3 aliphatic heterocycles. The first-order valence-corrected chi connectivity index (χ1v) is 12.8. The summed E-state index contributed by atoms with van der Waals surface area (Å²) in [6.07, 6.45) is 3.28. The number of aromatic nitrogens is 3. The fourth-order valence-electron chi connectivity index (χ4n) is 4.78. The summed E-state index contributed by atoms with van der Waals surface area (Å²) in [7, 11) is 5.34. The van der Waals surface area contributed by atoms with Crippen molar-refractivity contribution in [1.82, 2.24) is 19.9 Å². The molecule has 0 spiro atoms. The molecule has 2 amide bonds. The number of nitrogens with two attached hydrogens (primary N) is 1. The van der Waals surface area contributed by atoms with Gasteiger partial charge in [-0.05, 0) is 69.8 Å². The van der Waals surface area contributed by atoms with Crippen molar-refractivity contribution in [3.63, 3.8) is 0 Å². The minimum absolute atomic E-state index is 0.0148. The normalized spacial score (nSPS) is 13.7. The summed E-state index contributed by atoms with van der Waals surface area (Å²) in [5.41, 5.74) is 8.38. The van der Waals surface area contributed by atoms with Gasteiger partial charge in [-0.1, -0.05) is 6.07 Å². The molecule has 5 rings (SSSR count). The second kappa shape index (κ2) is 10.8. The van der Waals surface area contributed by atoms with E-state index in [1.54, 1.807) is 25.4 Å². The van der Waals surface area contributed by atoms with Crippen molar-refractivity contribution in [2.75, 3.05) is 43.3 Å². The highest BCUT2D eigenvalue weighted by Crippen LogP contribution is 2.39. The zero-order valence-electron chi connectivity index (χ0n) is 22.7. The molecule has 12 heteroatoms. The Kier molecular flexibility index (Phi) is 7.26. The van der Waals surface area contributed by atoms with Crippen LogP contribution in [0.5, 0.6) is 5.75 Å². The smallest absolute Gasteiger partial charge is 0.253 e. The number of aromatic amines is 1. The van der Waals surface area contributed by atoms with Crippen LogP contribution in [0.25, 0.3) is 11.4 Å². The summed E-state index contributed by atoms with van der Waals surface area (Å²) in [4.78, 5) is 41.1. The van der Waals surface area contributed by atoms with E-state index in [4.69, 9.17) is 10.5 Å². The van der Waals surface area contributed by atoms with Gasteiger partial charge in [0.25, 0.3) is 5.91 Å². The third-order valence-corrected chi connectivity index (χ3v) is 7.10. The molecule has 208 valence electrons. The number of H-pyrrole nitrogens is 1. The molecule has 0 fully saturated rings. The van der Waals surface area contributed by atoms with E-state index in [1.165, 1.54) is 12.1 Å². The third kappa shape index (κ3) is 5.00. The minimum atomic E-state index is -0.903. The Bertz CT molecular complexity index is 1550. The monoisotopic (exact) mass is 546 g/mol. The van der Waals surface area contributed by atoms with Gasteiger partial charge < -0.3 is 31.0 Å². The molecular weight excluding hydrogens is 515 g/mol. The second-order valence-corrected chi connectivity index (χ2v) is 9.83. The molecule has 0 bridgehead atoms. The number of ether oxygens (including phenoxy) is 1. The standard InChI is InChI=1S/C28H31FN8O3/c1-15(36(2)3)27(39)37-12-6-7-16-13-22(40-4)20(14-21(16)37)33-28-34-25-17(10-11-31-25)26(35-28)32-19-9-5-8-18(29)23(19)24(30)38/h5,8-11,13-15H,6-7,12H2,1-4H3,(H2,30,38)(H3,31,32,33,34,35). The van der Waals surface area contributed by atoms with Crippen LogP contribution >= 0.6 is 0 Å². The summed E-state index contributed by atoms with van der Waals surface area (Å²) in [6.45, 7) is 2.50. The van der Waals surface area contributed by atoms with Gasteiger partial charge in [0, 0.05) is 18.4 Å². The van der Waals surface area contributed by atoms with Crippen LogP contribution in [0.15, 0.2) is 42.6 Å².